The molecule has 10 heavy (non-hydrogen) atoms. The van der Waals surface area contributed by atoms with Gasteiger partial charge < -0.3 is 5.32 Å². The highest BCUT2D eigenvalue weighted by Gasteiger charge is 2.51. The number of hydrogen-bond donors (Lipinski definition) is 1. The molecule has 1 heteroatoms. The minimum atomic E-state index is 0.954. The minimum Gasteiger partial charge on any atom is -0.311 e. The van der Waals surface area contributed by atoms with E-state index in [1.54, 1.807) is 0 Å². The highest BCUT2D eigenvalue weighted by molar-refractivity contribution is 5.08. The summed E-state index contributed by atoms with van der Waals surface area (Å²) in [4.78, 5) is 0. The van der Waals surface area contributed by atoms with E-state index in [1.165, 1.54) is 32.1 Å². The zero-order chi connectivity index (χ0) is 6.55. The molecule has 4 unspecified atom stereocenters. The fraction of sp³-hybridized carbons (Fsp3) is 1.00. The zero-order valence-corrected chi connectivity index (χ0v) is 6.34. The monoisotopic (exact) mass is 137 g/mol. The normalized spacial score (nSPS) is 57.6. The largest absolute Gasteiger partial charge is 0.311 e. The van der Waals surface area contributed by atoms with Gasteiger partial charge in [0, 0.05) is 12.1 Å². The summed E-state index contributed by atoms with van der Waals surface area (Å²) >= 11 is 0. The second kappa shape index (κ2) is 1.76. The van der Waals surface area contributed by atoms with Crippen molar-refractivity contribution in [2.75, 3.05) is 0 Å². The van der Waals surface area contributed by atoms with Crippen molar-refractivity contribution < 1.29 is 0 Å². The standard InChI is InChI=1S/C9H15N/c1-2-4-7-6(3-1)8-5-9(7)10-8/h6-10H,1-5H2. The summed E-state index contributed by atoms with van der Waals surface area (Å²) in [5.74, 6) is 2.19. The van der Waals surface area contributed by atoms with Gasteiger partial charge in [0.05, 0.1) is 0 Å². The van der Waals surface area contributed by atoms with E-state index < -0.39 is 0 Å². The third-order valence-electron chi connectivity index (χ3n) is 3.84. The maximum absolute atomic E-state index is 3.66. The van der Waals surface area contributed by atoms with Crippen molar-refractivity contribution >= 4 is 0 Å². The molecule has 0 aromatic heterocycles. The zero-order valence-electron chi connectivity index (χ0n) is 6.34. The molecular weight excluding hydrogens is 122 g/mol. The van der Waals surface area contributed by atoms with Crippen LogP contribution < -0.4 is 5.32 Å². The van der Waals surface area contributed by atoms with E-state index >= 15 is 0 Å². The average Bonchev–Trinajstić information content (AvgIpc) is 2.36. The fourth-order valence-corrected chi connectivity index (χ4v) is 3.31. The molecule has 2 saturated heterocycles. The van der Waals surface area contributed by atoms with E-state index in [2.05, 4.69) is 5.32 Å². The van der Waals surface area contributed by atoms with E-state index in [9.17, 15) is 0 Å². The van der Waals surface area contributed by atoms with Crippen molar-refractivity contribution in [2.24, 2.45) is 11.8 Å². The van der Waals surface area contributed by atoms with Gasteiger partial charge in [-0.3, -0.25) is 0 Å². The molecule has 2 aliphatic carbocycles. The van der Waals surface area contributed by atoms with Gasteiger partial charge in [-0.05, 0) is 31.1 Å². The maximum Gasteiger partial charge on any atom is 0.0116 e. The van der Waals surface area contributed by atoms with Crippen LogP contribution in [0.15, 0.2) is 0 Å². The molecule has 0 spiro atoms. The molecule has 0 amide bonds. The van der Waals surface area contributed by atoms with Crippen molar-refractivity contribution in [1.29, 1.82) is 0 Å². The van der Waals surface area contributed by atoms with Crippen molar-refractivity contribution in [3.63, 3.8) is 0 Å². The van der Waals surface area contributed by atoms with E-state index in [4.69, 9.17) is 0 Å². The first kappa shape index (κ1) is 5.59. The molecule has 1 N–H and O–H groups in total. The maximum atomic E-state index is 3.66. The Kier molecular flexibility index (Phi) is 0.984. The summed E-state index contributed by atoms with van der Waals surface area (Å²) in [5.41, 5.74) is 0. The van der Waals surface area contributed by atoms with Gasteiger partial charge in [0.2, 0.25) is 0 Å². The van der Waals surface area contributed by atoms with Crippen molar-refractivity contribution in [1.82, 2.24) is 5.32 Å². The second-order valence-corrected chi connectivity index (χ2v) is 4.23. The lowest BCUT2D eigenvalue weighted by molar-refractivity contribution is 0.298. The van der Waals surface area contributed by atoms with Gasteiger partial charge >= 0.3 is 0 Å². The van der Waals surface area contributed by atoms with E-state index in [-0.39, 0.29) is 0 Å². The first-order chi connectivity index (χ1) is 4.95. The van der Waals surface area contributed by atoms with Crippen LogP contribution in [0.3, 0.4) is 0 Å². The Labute approximate surface area is 62.2 Å². The van der Waals surface area contributed by atoms with Crippen LogP contribution in [0.2, 0.25) is 0 Å². The van der Waals surface area contributed by atoms with Crippen LogP contribution in [0.1, 0.15) is 32.1 Å². The van der Waals surface area contributed by atoms with Gasteiger partial charge in [0.15, 0.2) is 0 Å². The van der Waals surface area contributed by atoms with E-state index in [0.29, 0.717) is 0 Å². The molecule has 4 fully saturated rings. The Morgan fingerprint density at radius 2 is 1.40 bits per heavy atom. The van der Waals surface area contributed by atoms with Crippen LogP contribution in [-0.4, -0.2) is 12.1 Å². The Morgan fingerprint density at radius 3 is 1.90 bits per heavy atom. The van der Waals surface area contributed by atoms with Gasteiger partial charge in [-0.2, -0.15) is 0 Å². The predicted octanol–water partition coefficient (Wildman–Crippen LogP) is 1.54. The number of nitrogens with one attached hydrogen (secondary N) is 1. The van der Waals surface area contributed by atoms with E-state index in [0.717, 1.165) is 23.9 Å². The fourth-order valence-electron chi connectivity index (χ4n) is 3.31. The molecule has 0 aromatic rings. The molecule has 0 radical (unpaired) electrons. The minimum absolute atomic E-state index is 0.954. The lowest BCUT2D eigenvalue weighted by atomic mass is 9.82. The summed E-state index contributed by atoms with van der Waals surface area (Å²) in [6, 6.07) is 1.91. The average molecular weight is 137 g/mol. The highest BCUT2D eigenvalue weighted by Crippen LogP contribution is 2.48. The Bertz CT molecular complexity index is 133. The lowest BCUT2D eigenvalue weighted by Gasteiger charge is -2.27. The highest BCUT2D eigenvalue weighted by atomic mass is 15.1. The summed E-state index contributed by atoms with van der Waals surface area (Å²) < 4.78 is 0. The predicted molar refractivity (Wildman–Crippen MR) is 40.8 cm³/mol. The van der Waals surface area contributed by atoms with Gasteiger partial charge in [0.25, 0.3) is 0 Å². The first-order valence-corrected chi connectivity index (χ1v) is 4.71. The lowest BCUT2D eigenvalue weighted by Crippen LogP contribution is -2.45. The summed E-state index contributed by atoms with van der Waals surface area (Å²) in [6.45, 7) is 0. The Balaban J connectivity index is 1.85. The third kappa shape index (κ3) is 0.531. The topological polar surface area (TPSA) is 12.0 Å². The molecule has 2 bridgehead atoms. The quantitative estimate of drug-likeness (QED) is 0.534. The smallest absolute Gasteiger partial charge is 0.0116 e. The van der Waals surface area contributed by atoms with Crippen molar-refractivity contribution in [3.8, 4) is 0 Å². The van der Waals surface area contributed by atoms with Gasteiger partial charge in [-0.25, -0.2) is 0 Å². The first-order valence-electron chi connectivity index (χ1n) is 4.71. The summed E-state index contributed by atoms with van der Waals surface area (Å²) in [7, 11) is 0. The Morgan fingerprint density at radius 1 is 0.900 bits per heavy atom. The molecular formula is C9H15N. The van der Waals surface area contributed by atoms with Gasteiger partial charge in [-0.15, -0.1) is 0 Å². The number of hydrogen-bond acceptors (Lipinski definition) is 1. The second-order valence-electron chi connectivity index (χ2n) is 4.23. The van der Waals surface area contributed by atoms with Crippen molar-refractivity contribution in [3.05, 3.63) is 0 Å². The summed E-state index contributed by atoms with van der Waals surface area (Å²) in [5, 5.41) is 3.66. The van der Waals surface area contributed by atoms with E-state index in [1.807, 2.05) is 0 Å². The molecule has 56 valence electrons. The van der Waals surface area contributed by atoms with Crippen LogP contribution in [0, 0.1) is 11.8 Å². The van der Waals surface area contributed by atoms with Crippen LogP contribution in [0.5, 0.6) is 0 Å². The molecule has 4 aliphatic rings. The SMILES string of the molecule is C1CCC2C3CC(N3)C2C1. The number of rotatable bonds is 0. The van der Waals surface area contributed by atoms with Crippen LogP contribution in [0.4, 0.5) is 0 Å². The van der Waals surface area contributed by atoms with Gasteiger partial charge in [-0.1, -0.05) is 12.8 Å². The van der Waals surface area contributed by atoms with Crippen molar-refractivity contribution in [2.45, 2.75) is 44.2 Å². The molecule has 2 aliphatic heterocycles. The summed E-state index contributed by atoms with van der Waals surface area (Å²) in [6.07, 6.45) is 7.57. The van der Waals surface area contributed by atoms with Crippen LogP contribution in [-0.2, 0) is 0 Å². The Hall–Kier alpha value is -0.0400. The van der Waals surface area contributed by atoms with Crippen LogP contribution in [0.25, 0.3) is 0 Å². The third-order valence-corrected chi connectivity index (χ3v) is 3.84. The molecule has 1 nitrogen and oxygen atoms in total. The molecule has 4 rings (SSSR count). The van der Waals surface area contributed by atoms with Gasteiger partial charge in [0.1, 0.15) is 0 Å². The van der Waals surface area contributed by atoms with Crippen LogP contribution >= 0.6 is 0 Å². The molecule has 2 heterocycles. The molecule has 4 atom stereocenters. The molecule has 0 aromatic carbocycles. The molecule has 2 saturated carbocycles.